The Hall–Kier alpha value is -1.13. The van der Waals surface area contributed by atoms with Gasteiger partial charge in [0.15, 0.2) is 0 Å². The van der Waals surface area contributed by atoms with Gasteiger partial charge in [-0.05, 0) is 31.4 Å². The number of nitrogens with two attached hydrogens (primary N) is 1. The summed E-state index contributed by atoms with van der Waals surface area (Å²) in [6.07, 6.45) is 5.03. The van der Waals surface area contributed by atoms with Gasteiger partial charge in [0.05, 0.1) is 12.1 Å². The second kappa shape index (κ2) is 6.35. The molecular formula is C15H22N2OS. The Morgan fingerprint density at radius 3 is 2.79 bits per heavy atom. The molecule has 1 aromatic carbocycles. The van der Waals surface area contributed by atoms with Crippen molar-refractivity contribution < 1.29 is 5.11 Å². The number of para-hydroxylation sites is 1. The minimum absolute atomic E-state index is 0.0942. The number of thiocarbonyl (C=S) groups is 1. The van der Waals surface area contributed by atoms with Crippen LogP contribution in [0.25, 0.3) is 0 Å². The van der Waals surface area contributed by atoms with E-state index in [2.05, 4.69) is 5.32 Å². The average molecular weight is 278 g/mol. The molecule has 2 rings (SSSR count). The van der Waals surface area contributed by atoms with Crippen LogP contribution in [0, 0.1) is 6.92 Å². The molecule has 4 heteroatoms. The molecule has 4 N–H and O–H groups in total. The van der Waals surface area contributed by atoms with Crippen LogP contribution in [0.5, 0.6) is 0 Å². The van der Waals surface area contributed by atoms with Gasteiger partial charge in [-0.1, -0.05) is 43.6 Å². The van der Waals surface area contributed by atoms with Crippen molar-refractivity contribution in [3.8, 4) is 0 Å². The number of benzene rings is 1. The van der Waals surface area contributed by atoms with Gasteiger partial charge in [-0.3, -0.25) is 0 Å². The van der Waals surface area contributed by atoms with E-state index < -0.39 is 0 Å². The zero-order chi connectivity index (χ0) is 13.8. The van der Waals surface area contributed by atoms with Crippen molar-refractivity contribution in [2.24, 2.45) is 5.73 Å². The second-order valence-corrected chi connectivity index (χ2v) is 5.76. The van der Waals surface area contributed by atoms with E-state index in [1.165, 1.54) is 6.42 Å². The molecular weight excluding hydrogens is 256 g/mol. The summed E-state index contributed by atoms with van der Waals surface area (Å²) >= 11 is 5.11. The summed E-state index contributed by atoms with van der Waals surface area (Å²) in [5.41, 5.74) is 8.74. The Bertz CT molecular complexity index is 461. The van der Waals surface area contributed by atoms with Crippen LogP contribution >= 0.6 is 12.2 Å². The van der Waals surface area contributed by atoms with Crippen LogP contribution in [-0.2, 0) is 0 Å². The lowest BCUT2D eigenvalue weighted by Gasteiger charge is -2.25. The van der Waals surface area contributed by atoms with Crippen LogP contribution in [0.15, 0.2) is 18.2 Å². The Labute approximate surface area is 120 Å². The molecule has 0 radical (unpaired) electrons. The minimum Gasteiger partial charge on any atom is -0.391 e. The highest BCUT2D eigenvalue weighted by atomic mass is 32.1. The SMILES string of the molecule is Cc1cccc(C(N)=S)c1NC1CCCCCC1O. The number of aliphatic hydroxyl groups is 1. The Morgan fingerprint density at radius 2 is 2.05 bits per heavy atom. The lowest BCUT2D eigenvalue weighted by Crippen LogP contribution is -2.33. The number of anilines is 1. The van der Waals surface area contributed by atoms with Crippen LogP contribution in [0.3, 0.4) is 0 Å². The average Bonchev–Trinajstić information content (AvgIpc) is 2.57. The third-order valence-electron chi connectivity index (χ3n) is 3.85. The summed E-state index contributed by atoms with van der Waals surface area (Å²) in [5, 5.41) is 13.7. The fourth-order valence-electron chi connectivity index (χ4n) is 2.71. The van der Waals surface area contributed by atoms with Crippen molar-refractivity contribution in [2.45, 2.75) is 51.2 Å². The van der Waals surface area contributed by atoms with Gasteiger partial charge >= 0.3 is 0 Å². The van der Waals surface area contributed by atoms with Crippen molar-refractivity contribution in [3.05, 3.63) is 29.3 Å². The zero-order valence-corrected chi connectivity index (χ0v) is 12.2. The van der Waals surface area contributed by atoms with Gasteiger partial charge in [0.2, 0.25) is 0 Å². The van der Waals surface area contributed by atoms with Crippen LogP contribution < -0.4 is 11.1 Å². The van der Waals surface area contributed by atoms with Crippen LogP contribution in [0.4, 0.5) is 5.69 Å². The number of hydrogen-bond acceptors (Lipinski definition) is 3. The second-order valence-electron chi connectivity index (χ2n) is 5.32. The van der Waals surface area contributed by atoms with Crippen molar-refractivity contribution >= 4 is 22.9 Å². The molecule has 1 saturated carbocycles. The first-order valence-corrected chi connectivity index (χ1v) is 7.34. The van der Waals surface area contributed by atoms with E-state index in [0.717, 1.165) is 42.5 Å². The van der Waals surface area contributed by atoms with Crippen molar-refractivity contribution in [2.75, 3.05) is 5.32 Å². The van der Waals surface area contributed by atoms with Gasteiger partial charge in [-0.2, -0.15) is 0 Å². The fourth-order valence-corrected chi connectivity index (χ4v) is 2.88. The largest absolute Gasteiger partial charge is 0.391 e. The third-order valence-corrected chi connectivity index (χ3v) is 4.07. The summed E-state index contributed by atoms with van der Waals surface area (Å²) < 4.78 is 0. The molecule has 1 fully saturated rings. The van der Waals surface area contributed by atoms with E-state index in [4.69, 9.17) is 18.0 Å². The lowest BCUT2D eigenvalue weighted by molar-refractivity contribution is 0.144. The molecule has 0 spiro atoms. The minimum atomic E-state index is -0.290. The number of rotatable bonds is 3. The van der Waals surface area contributed by atoms with Crippen molar-refractivity contribution in [1.82, 2.24) is 0 Å². The van der Waals surface area contributed by atoms with Crippen LogP contribution in [0.1, 0.15) is 43.2 Å². The van der Waals surface area contributed by atoms with E-state index >= 15 is 0 Å². The first-order valence-electron chi connectivity index (χ1n) is 6.93. The molecule has 1 aliphatic rings. The third kappa shape index (κ3) is 3.45. The Morgan fingerprint density at radius 1 is 1.32 bits per heavy atom. The van der Waals surface area contributed by atoms with Gasteiger partial charge in [-0.25, -0.2) is 0 Å². The number of aliphatic hydroxyl groups excluding tert-OH is 1. The highest BCUT2D eigenvalue weighted by Crippen LogP contribution is 2.26. The van der Waals surface area contributed by atoms with Gasteiger partial charge < -0.3 is 16.2 Å². The molecule has 2 unspecified atom stereocenters. The summed E-state index contributed by atoms with van der Waals surface area (Å²) in [5.74, 6) is 0. The lowest BCUT2D eigenvalue weighted by atomic mass is 10.0. The van der Waals surface area contributed by atoms with E-state index in [1.54, 1.807) is 0 Å². The normalized spacial score (nSPS) is 23.7. The van der Waals surface area contributed by atoms with Crippen molar-refractivity contribution in [1.29, 1.82) is 0 Å². The number of aryl methyl sites for hydroxylation is 1. The molecule has 3 nitrogen and oxygen atoms in total. The fraction of sp³-hybridized carbons (Fsp3) is 0.533. The van der Waals surface area contributed by atoms with Crippen molar-refractivity contribution in [3.63, 3.8) is 0 Å². The molecule has 19 heavy (non-hydrogen) atoms. The van der Waals surface area contributed by atoms with E-state index in [0.29, 0.717) is 4.99 Å². The standard InChI is InChI=1S/C15H22N2OS/c1-10-6-5-7-11(15(16)19)14(10)17-12-8-3-2-4-9-13(12)18/h5-7,12-13,17-18H,2-4,8-9H2,1H3,(H2,16,19). The first kappa shape index (κ1) is 14.3. The van der Waals surface area contributed by atoms with Gasteiger partial charge in [-0.15, -0.1) is 0 Å². The molecule has 0 amide bonds. The highest BCUT2D eigenvalue weighted by molar-refractivity contribution is 7.80. The van der Waals surface area contributed by atoms with E-state index in [9.17, 15) is 5.11 Å². The van der Waals surface area contributed by atoms with Crippen LogP contribution in [0.2, 0.25) is 0 Å². The monoisotopic (exact) mass is 278 g/mol. The zero-order valence-electron chi connectivity index (χ0n) is 11.4. The summed E-state index contributed by atoms with van der Waals surface area (Å²) in [4.78, 5) is 0.398. The molecule has 0 saturated heterocycles. The maximum atomic E-state index is 10.2. The molecule has 0 aromatic heterocycles. The molecule has 0 heterocycles. The predicted molar refractivity (Wildman–Crippen MR) is 83.6 cm³/mol. The number of hydrogen-bond donors (Lipinski definition) is 3. The molecule has 1 aliphatic carbocycles. The molecule has 2 atom stereocenters. The molecule has 0 aliphatic heterocycles. The topological polar surface area (TPSA) is 58.3 Å². The smallest absolute Gasteiger partial charge is 0.106 e. The quantitative estimate of drug-likeness (QED) is 0.588. The van der Waals surface area contributed by atoms with Gasteiger partial charge in [0.25, 0.3) is 0 Å². The highest BCUT2D eigenvalue weighted by Gasteiger charge is 2.22. The van der Waals surface area contributed by atoms with E-state index in [-0.39, 0.29) is 12.1 Å². The maximum Gasteiger partial charge on any atom is 0.106 e. The van der Waals surface area contributed by atoms with Gasteiger partial charge in [0.1, 0.15) is 4.99 Å². The summed E-state index contributed by atoms with van der Waals surface area (Å²) in [6.45, 7) is 2.03. The number of nitrogens with one attached hydrogen (secondary N) is 1. The Balaban J connectivity index is 2.24. The molecule has 104 valence electrons. The summed E-state index contributed by atoms with van der Waals surface area (Å²) in [6, 6.07) is 6.02. The van der Waals surface area contributed by atoms with E-state index in [1.807, 2.05) is 25.1 Å². The predicted octanol–water partition coefficient (Wildman–Crippen LogP) is 2.73. The Kier molecular flexibility index (Phi) is 4.77. The van der Waals surface area contributed by atoms with Gasteiger partial charge in [0, 0.05) is 11.3 Å². The molecule has 1 aromatic rings. The maximum absolute atomic E-state index is 10.2. The summed E-state index contributed by atoms with van der Waals surface area (Å²) in [7, 11) is 0. The first-order chi connectivity index (χ1) is 9.09. The molecule has 0 bridgehead atoms. The van der Waals surface area contributed by atoms with Crippen LogP contribution in [-0.4, -0.2) is 22.2 Å².